The first kappa shape index (κ1) is 9.97. The molecule has 0 radical (unpaired) electrons. The number of ether oxygens (including phenoxy) is 1. The van der Waals surface area contributed by atoms with Crippen LogP contribution >= 0.6 is 15.9 Å². The summed E-state index contributed by atoms with van der Waals surface area (Å²) in [7, 11) is 0. The minimum atomic E-state index is -0.201. The maximum atomic E-state index is 11.2. The van der Waals surface area contributed by atoms with Gasteiger partial charge in [0.2, 0.25) is 0 Å². The Morgan fingerprint density at radius 2 is 2.50 bits per heavy atom. The molecule has 0 saturated heterocycles. The quantitative estimate of drug-likeness (QED) is 0.329. The number of carbonyl (C=O) groups is 1. The summed E-state index contributed by atoms with van der Waals surface area (Å²) in [5.74, 6) is 0.937. The highest BCUT2D eigenvalue weighted by Gasteiger charge is 2.41. The molecule has 1 fully saturated rings. The lowest BCUT2D eigenvalue weighted by Gasteiger charge is -2.35. The maximum absolute atomic E-state index is 11.2. The Kier molecular flexibility index (Phi) is 2.77. The Balaban J connectivity index is 1.99. The van der Waals surface area contributed by atoms with E-state index in [1.54, 1.807) is 6.08 Å². The molecule has 76 valence electrons. The van der Waals surface area contributed by atoms with E-state index in [0.717, 1.165) is 6.42 Å². The summed E-state index contributed by atoms with van der Waals surface area (Å²) in [4.78, 5) is 11.6. The van der Waals surface area contributed by atoms with Gasteiger partial charge in [-0.25, -0.2) is 4.79 Å². The van der Waals surface area contributed by atoms with E-state index in [2.05, 4.69) is 28.1 Å². The number of hydrogen-bond donors (Lipinski definition) is 0. The monoisotopic (exact) mass is 256 g/mol. The number of rotatable bonds is 2. The molecule has 0 aliphatic heterocycles. The molecule has 0 spiro atoms. The lowest BCUT2D eigenvalue weighted by atomic mass is 9.71. The lowest BCUT2D eigenvalue weighted by molar-refractivity contribution is -0.137. The van der Waals surface area contributed by atoms with Gasteiger partial charge >= 0.3 is 5.97 Å². The van der Waals surface area contributed by atoms with Crippen molar-refractivity contribution in [3.8, 4) is 0 Å². The van der Waals surface area contributed by atoms with Crippen LogP contribution in [0.2, 0.25) is 0 Å². The van der Waals surface area contributed by atoms with E-state index in [0.29, 0.717) is 23.3 Å². The van der Waals surface area contributed by atoms with E-state index in [-0.39, 0.29) is 5.97 Å². The van der Waals surface area contributed by atoms with Gasteiger partial charge in [-0.05, 0) is 19.3 Å². The zero-order valence-corrected chi connectivity index (χ0v) is 9.66. The summed E-state index contributed by atoms with van der Waals surface area (Å²) in [5, 5.41) is 0. The first-order valence-corrected chi connectivity index (χ1v) is 5.83. The number of alkyl halides is 1. The molecule has 0 amide bonds. The van der Waals surface area contributed by atoms with Crippen LogP contribution in [0.3, 0.4) is 0 Å². The average Bonchev–Trinajstić information content (AvgIpc) is 2.37. The van der Waals surface area contributed by atoms with Crippen LogP contribution in [0.4, 0.5) is 0 Å². The van der Waals surface area contributed by atoms with E-state index in [9.17, 15) is 4.79 Å². The SMILES string of the molecule is CCOC(=O)/C=C1\C[C@@H]2C=C[C@@H](Br)[C@H]12. The molecule has 0 aromatic rings. The van der Waals surface area contributed by atoms with Crippen LogP contribution in [-0.4, -0.2) is 17.4 Å². The van der Waals surface area contributed by atoms with E-state index in [1.165, 1.54) is 5.57 Å². The predicted molar refractivity (Wildman–Crippen MR) is 58.2 cm³/mol. The lowest BCUT2D eigenvalue weighted by Crippen LogP contribution is -2.30. The fourth-order valence-electron chi connectivity index (χ4n) is 2.14. The summed E-state index contributed by atoms with van der Waals surface area (Å²) >= 11 is 3.58. The Labute approximate surface area is 92.1 Å². The van der Waals surface area contributed by atoms with Crippen LogP contribution in [-0.2, 0) is 9.53 Å². The van der Waals surface area contributed by atoms with Crippen LogP contribution in [0.1, 0.15) is 13.3 Å². The molecule has 0 bridgehead atoms. The molecule has 2 nitrogen and oxygen atoms in total. The highest BCUT2D eigenvalue weighted by Crippen LogP contribution is 2.49. The van der Waals surface area contributed by atoms with Gasteiger partial charge in [0.1, 0.15) is 0 Å². The van der Waals surface area contributed by atoms with Gasteiger partial charge < -0.3 is 4.74 Å². The van der Waals surface area contributed by atoms with Gasteiger partial charge in [-0.1, -0.05) is 33.7 Å². The van der Waals surface area contributed by atoms with Crippen molar-refractivity contribution in [1.82, 2.24) is 0 Å². The van der Waals surface area contributed by atoms with Crippen molar-refractivity contribution >= 4 is 21.9 Å². The van der Waals surface area contributed by atoms with Crippen LogP contribution in [0, 0.1) is 11.8 Å². The van der Waals surface area contributed by atoms with Crippen molar-refractivity contribution in [3.63, 3.8) is 0 Å². The molecule has 2 aliphatic carbocycles. The number of carbonyl (C=O) groups excluding carboxylic acids is 1. The fraction of sp³-hybridized carbons (Fsp3) is 0.545. The minimum Gasteiger partial charge on any atom is -0.463 e. The average molecular weight is 257 g/mol. The zero-order chi connectivity index (χ0) is 10.1. The van der Waals surface area contributed by atoms with Gasteiger partial charge in [0.05, 0.1) is 6.61 Å². The second-order valence-electron chi connectivity index (χ2n) is 3.69. The second-order valence-corrected chi connectivity index (χ2v) is 4.75. The third-order valence-electron chi connectivity index (χ3n) is 2.84. The van der Waals surface area contributed by atoms with Gasteiger partial charge in [0, 0.05) is 16.8 Å². The molecule has 0 unspecified atom stereocenters. The highest BCUT2D eigenvalue weighted by atomic mass is 79.9. The third kappa shape index (κ3) is 1.65. The molecule has 0 aromatic heterocycles. The third-order valence-corrected chi connectivity index (χ3v) is 3.71. The maximum Gasteiger partial charge on any atom is 0.330 e. The van der Waals surface area contributed by atoms with Gasteiger partial charge in [-0.2, -0.15) is 0 Å². The summed E-state index contributed by atoms with van der Waals surface area (Å²) in [6.07, 6.45) is 7.07. The summed E-state index contributed by atoms with van der Waals surface area (Å²) in [5.41, 5.74) is 1.22. The van der Waals surface area contributed by atoms with Gasteiger partial charge in [0.15, 0.2) is 0 Å². The molecule has 14 heavy (non-hydrogen) atoms. The summed E-state index contributed by atoms with van der Waals surface area (Å²) < 4.78 is 4.88. The van der Waals surface area contributed by atoms with E-state index in [4.69, 9.17) is 4.74 Å². The Morgan fingerprint density at radius 1 is 1.71 bits per heavy atom. The van der Waals surface area contributed by atoms with Crippen molar-refractivity contribution in [2.75, 3.05) is 6.61 Å². The smallest absolute Gasteiger partial charge is 0.330 e. The zero-order valence-electron chi connectivity index (χ0n) is 8.07. The van der Waals surface area contributed by atoms with E-state index < -0.39 is 0 Å². The summed E-state index contributed by atoms with van der Waals surface area (Å²) in [6, 6.07) is 0. The topological polar surface area (TPSA) is 26.3 Å². The van der Waals surface area contributed by atoms with Crippen molar-refractivity contribution < 1.29 is 9.53 Å². The molecule has 2 aliphatic rings. The fourth-order valence-corrected chi connectivity index (χ4v) is 3.04. The Morgan fingerprint density at radius 3 is 3.14 bits per heavy atom. The molecule has 3 atom stereocenters. The minimum absolute atomic E-state index is 0.201. The Hall–Kier alpha value is -0.570. The van der Waals surface area contributed by atoms with Gasteiger partial charge in [-0.15, -0.1) is 0 Å². The Bertz CT molecular complexity index is 298. The van der Waals surface area contributed by atoms with E-state index >= 15 is 0 Å². The molecule has 3 heteroatoms. The largest absolute Gasteiger partial charge is 0.463 e. The van der Waals surface area contributed by atoms with Gasteiger partial charge in [-0.3, -0.25) is 0 Å². The van der Waals surface area contributed by atoms with Crippen molar-refractivity contribution in [2.24, 2.45) is 11.8 Å². The number of halogens is 1. The number of allylic oxidation sites excluding steroid dienone is 3. The second kappa shape index (κ2) is 3.89. The highest BCUT2D eigenvalue weighted by molar-refractivity contribution is 9.09. The molecular weight excluding hydrogens is 244 g/mol. The molecule has 0 N–H and O–H groups in total. The molecule has 2 rings (SSSR count). The summed E-state index contributed by atoms with van der Waals surface area (Å²) in [6.45, 7) is 2.27. The first-order chi connectivity index (χ1) is 6.72. The van der Waals surface area contributed by atoms with Crippen molar-refractivity contribution in [2.45, 2.75) is 18.2 Å². The van der Waals surface area contributed by atoms with Crippen LogP contribution in [0.5, 0.6) is 0 Å². The predicted octanol–water partition coefficient (Wildman–Crippen LogP) is 2.45. The van der Waals surface area contributed by atoms with Gasteiger partial charge in [0.25, 0.3) is 0 Å². The molecule has 0 aromatic carbocycles. The van der Waals surface area contributed by atoms with Crippen LogP contribution in [0.15, 0.2) is 23.8 Å². The number of esters is 1. The molecular formula is C11H13BrO2. The standard InChI is InChI=1S/C11H13BrO2/c1-2-14-10(13)6-8-5-7-3-4-9(12)11(7)8/h3-4,6-7,9,11H,2,5H2,1H3/b8-6+/t7-,9+,11-/m0/s1. The van der Waals surface area contributed by atoms with Crippen molar-refractivity contribution in [1.29, 1.82) is 0 Å². The molecule has 1 saturated carbocycles. The van der Waals surface area contributed by atoms with Crippen molar-refractivity contribution in [3.05, 3.63) is 23.8 Å². The number of fused-ring (bicyclic) bond motifs is 1. The number of hydrogen-bond acceptors (Lipinski definition) is 2. The van der Waals surface area contributed by atoms with Crippen LogP contribution in [0.25, 0.3) is 0 Å². The normalized spacial score (nSPS) is 36.7. The van der Waals surface area contributed by atoms with E-state index in [1.807, 2.05) is 6.92 Å². The molecule has 0 heterocycles. The van der Waals surface area contributed by atoms with Crippen LogP contribution < -0.4 is 0 Å². The first-order valence-electron chi connectivity index (χ1n) is 4.92.